The van der Waals surface area contributed by atoms with Gasteiger partial charge in [-0.3, -0.25) is 15.0 Å². The molecule has 0 aliphatic heterocycles. The fourth-order valence-electron chi connectivity index (χ4n) is 9.06. The number of aromatic amines is 2. The highest BCUT2D eigenvalue weighted by molar-refractivity contribution is 6.31. The van der Waals surface area contributed by atoms with Crippen molar-refractivity contribution >= 4 is 29.0 Å². The minimum absolute atomic E-state index is 0.159. The van der Waals surface area contributed by atoms with E-state index in [1.54, 1.807) is 25.0 Å². The maximum atomic E-state index is 11.6. The molecule has 5 N–H and O–H groups in total. The summed E-state index contributed by atoms with van der Waals surface area (Å²) in [6.07, 6.45) is 14.1. The Morgan fingerprint density at radius 1 is 0.582 bits per heavy atom. The standard InChI is InChI=1S/C27H28ClN5.C19H17ClN4O.C8H11N/c1-18(19-5-3-2-4-6-19)31-23-13-9-21(10-14-23)27-25(24-15-16-29-17-30-24)26(32-33-27)20-7-11-22(28)12-8-20;20-14-5-1-12(2-6-14)18-17(16-9-10-21-11-22-16)19(24-23-18)13-3-7-15(25)8-4-13;1-7(9)8-5-3-2-4-6-8/h2-8,11-12,15-18,21,23,31H,9-10,13-14H2,1H3,(H,32,33);1-2,5-6,9-11,13H,3-4,7-8H2,(H,23,24);2-7H,9H2,1H3/t18-,21?,23?;;7-/m1.1/s1. The molecule has 2 aliphatic carbocycles. The van der Waals surface area contributed by atoms with Gasteiger partial charge in [0.2, 0.25) is 0 Å². The van der Waals surface area contributed by atoms with E-state index in [2.05, 4.69) is 77.8 Å². The van der Waals surface area contributed by atoms with Crippen molar-refractivity contribution in [3.63, 3.8) is 0 Å². The molecule has 10 rings (SSSR count). The maximum absolute atomic E-state index is 11.6. The summed E-state index contributed by atoms with van der Waals surface area (Å²) in [5, 5.41) is 21.1. The van der Waals surface area contributed by atoms with Crippen molar-refractivity contribution in [1.82, 2.24) is 45.6 Å². The highest BCUT2D eigenvalue weighted by Gasteiger charge is 2.30. The van der Waals surface area contributed by atoms with Crippen LogP contribution in [0.15, 0.2) is 146 Å². The molecule has 0 radical (unpaired) electrons. The second-order valence-electron chi connectivity index (χ2n) is 17.3. The number of halogens is 2. The van der Waals surface area contributed by atoms with E-state index in [-0.39, 0.29) is 12.0 Å². The van der Waals surface area contributed by atoms with E-state index < -0.39 is 0 Å². The quantitative estimate of drug-likeness (QED) is 0.104. The minimum Gasteiger partial charge on any atom is -0.324 e. The van der Waals surface area contributed by atoms with E-state index >= 15 is 0 Å². The molecule has 8 aromatic rings. The third kappa shape index (κ3) is 12.2. The van der Waals surface area contributed by atoms with Crippen LogP contribution in [-0.2, 0) is 4.79 Å². The largest absolute Gasteiger partial charge is 0.324 e. The molecular weight excluding hydrogens is 876 g/mol. The Labute approximate surface area is 402 Å². The van der Waals surface area contributed by atoms with E-state index in [0.29, 0.717) is 46.7 Å². The number of rotatable bonds is 10. The predicted molar refractivity (Wildman–Crippen MR) is 268 cm³/mol. The van der Waals surface area contributed by atoms with Gasteiger partial charge in [0, 0.05) is 98.9 Å². The van der Waals surface area contributed by atoms with Crippen LogP contribution in [0.5, 0.6) is 0 Å². The van der Waals surface area contributed by atoms with Gasteiger partial charge in [0.25, 0.3) is 0 Å². The number of carbonyl (C=O) groups excluding carboxylic acids is 1. The maximum Gasteiger partial charge on any atom is 0.132 e. The molecule has 2 saturated carbocycles. The lowest BCUT2D eigenvalue weighted by Gasteiger charge is -2.31. The Morgan fingerprint density at radius 3 is 1.45 bits per heavy atom. The van der Waals surface area contributed by atoms with E-state index in [1.807, 2.05) is 97.9 Å². The lowest BCUT2D eigenvalue weighted by Crippen LogP contribution is -2.34. The smallest absolute Gasteiger partial charge is 0.132 e. The van der Waals surface area contributed by atoms with Gasteiger partial charge in [0.15, 0.2) is 0 Å². The highest BCUT2D eigenvalue weighted by atomic mass is 35.5. The summed E-state index contributed by atoms with van der Waals surface area (Å²) >= 11 is 12.1. The summed E-state index contributed by atoms with van der Waals surface area (Å²) in [7, 11) is 0. The third-order valence-electron chi connectivity index (χ3n) is 12.7. The molecule has 4 aromatic heterocycles. The number of ketones is 1. The Hall–Kier alpha value is -6.37. The van der Waals surface area contributed by atoms with Crippen molar-refractivity contribution in [2.75, 3.05) is 0 Å². The lowest BCUT2D eigenvalue weighted by atomic mass is 9.81. The zero-order chi connectivity index (χ0) is 46.5. The lowest BCUT2D eigenvalue weighted by molar-refractivity contribution is -0.120. The number of nitrogens with two attached hydrogens (primary N) is 1. The number of hydrogen-bond acceptors (Lipinski definition) is 9. The molecule has 0 saturated heterocycles. The van der Waals surface area contributed by atoms with Crippen LogP contribution in [0.2, 0.25) is 10.0 Å². The van der Waals surface area contributed by atoms with Crippen LogP contribution in [0, 0.1) is 0 Å². The van der Waals surface area contributed by atoms with Gasteiger partial charge in [-0.15, -0.1) is 0 Å². The van der Waals surface area contributed by atoms with E-state index in [0.717, 1.165) is 89.2 Å². The normalized spacial score (nSPS) is 17.1. The molecule has 67 heavy (non-hydrogen) atoms. The first kappa shape index (κ1) is 47.1. The highest BCUT2D eigenvalue weighted by Crippen LogP contribution is 2.42. The summed E-state index contributed by atoms with van der Waals surface area (Å²) in [6, 6.07) is 41.1. The fourth-order valence-corrected chi connectivity index (χ4v) is 9.31. The third-order valence-corrected chi connectivity index (χ3v) is 13.2. The summed E-state index contributed by atoms with van der Waals surface area (Å²) in [6.45, 7) is 4.23. The zero-order valence-electron chi connectivity index (χ0n) is 37.8. The first-order valence-corrected chi connectivity index (χ1v) is 23.8. The molecule has 2 atom stereocenters. The molecule has 4 heterocycles. The number of nitrogens with one attached hydrogen (secondary N) is 3. The second-order valence-corrected chi connectivity index (χ2v) is 18.2. The van der Waals surface area contributed by atoms with Crippen molar-refractivity contribution in [3.05, 3.63) is 179 Å². The fraction of sp³-hybridized carbons (Fsp3) is 0.278. The monoisotopic (exact) mass is 930 g/mol. The molecule has 0 unspecified atom stereocenters. The Morgan fingerprint density at radius 2 is 1.03 bits per heavy atom. The molecule has 13 heteroatoms. The molecule has 0 amide bonds. The number of aromatic nitrogens is 8. The van der Waals surface area contributed by atoms with E-state index in [1.165, 1.54) is 16.8 Å². The van der Waals surface area contributed by atoms with Gasteiger partial charge in [0.05, 0.1) is 11.4 Å². The molecule has 2 fully saturated rings. The van der Waals surface area contributed by atoms with Gasteiger partial charge in [-0.1, -0.05) is 108 Å². The van der Waals surface area contributed by atoms with Crippen LogP contribution in [0.25, 0.3) is 45.0 Å². The first-order valence-electron chi connectivity index (χ1n) is 23.1. The Balaban J connectivity index is 0.000000157. The van der Waals surface area contributed by atoms with Crippen LogP contribution in [0.4, 0.5) is 0 Å². The number of hydrogen-bond donors (Lipinski definition) is 4. The molecule has 0 spiro atoms. The SMILES string of the molecule is C[C@@H](N)c1ccccc1.C[C@@H](NC1CCC(c2[nH]nc(-c3ccc(Cl)cc3)c2-c2ccncn2)CC1)c1ccccc1.O=C1CCC(c2[nH]nc(-c3ccc(Cl)cc3)c2-c2ccncn2)CC1. The summed E-state index contributed by atoms with van der Waals surface area (Å²) < 4.78 is 0. The van der Waals surface area contributed by atoms with Crippen molar-refractivity contribution in [3.8, 4) is 45.0 Å². The zero-order valence-corrected chi connectivity index (χ0v) is 39.3. The molecule has 2 aliphatic rings. The van der Waals surface area contributed by atoms with Crippen LogP contribution in [0.3, 0.4) is 0 Å². The van der Waals surface area contributed by atoms with Gasteiger partial charge >= 0.3 is 0 Å². The number of H-pyrrole nitrogens is 2. The number of nitrogens with zero attached hydrogens (tertiary/aromatic N) is 6. The minimum atomic E-state index is 0.159. The van der Waals surface area contributed by atoms with Crippen LogP contribution >= 0.6 is 23.2 Å². The summed E-state index contributed by atoms with van der Waals surface area (Å²) in [5.41, 5.74) is 17.9. The molecule has 342 valence electrons. The predicted octanol–water partition coefficient (Wildman–Crippen LogP) is 12.7. The topological polar surface area (TPSA) is 164 Å². The van der Waals surface area contributed by atoms with Gasteiger partial charge in [-0.2, -0.15) is 10.2 Å². The molecule has 11 nitrogen and oxygen atoms in total. The summed E-state index contributed by atoms with van der Waals surface area (Å²) in [5.74, 6) is 1.06. The van der Waals surface area contributed by atoms with E-state index in [4.69, 9.17) is 34.0 Å². The Bertz CT molecular complexity index is 2750. The second kappa shape index (κ2) is 22.9. The average Bonchev–Trinajstić information content (AvgIpc) is 4.03. The van der Waals surface area contributed by atoms with Gasteiger partial charge in [0.1, 0.15) is 29.8 Å². The average molecular weight is 932 g/mol. The summed E-state index contributed by atoms with van der Waals surface area (Å²) in [4.78, 5) is 28.7. The van der Waals surface area contributed by atoms with Crippen LogP contribution in [-0.4, -0.2) is 52.2 Å². The number of carbonyl (C=O) groups is 1. The van der Waals surface area contributed by atoms with Crippen LogP contribution < -0.4 is 11.1 Å². The van der Waals surface area contributed by atoms with Gasteiger partial charge in [-0.05, 0) is 99.9 Å². The van der Waals surface area contributed by atoms with Crippen molar-refractivity contribution in [2.45, 2.75) is 95.2 Å². The molecule has 4 aromatic carbocycles. The number of benzene rings is 4. The van der Waals surface area contributed by atoms with Crippen molar-refractivity contribution in [1.29, 1.82) is 0 Å². The first-order chi connectivity index (χ1) is 32.7. The van der Waals surface area contributed by atoms with E-state index in [9.17, 15) is 4.79 Å². The van der Waals surface area contributed by atoms with Crippen molar-refractivity contribution in [2.24, 2.45) is 5.73 Å². The Kier molecular flexibility index (Phi) is 16.1. The number of Topliss-reactive ketones (excluding diaryl/α,β-unsaturated/α-hetero) is 1. The molecular formula is C54H56Cl2N10O. The molecule has 0 bridgehead atoms. The van der Waals surface area contributed by atoms with Gasteiger partial charge in [-0.25, -0.2) is 19.9 Å². The van der Waals surface area contributed by atoms with Crippen molar-refractivity contribution < 1.29 is 4.79 Å². The van der Waals surface area contributed by atoms with Gasteiger partial charge < -0.3 is 11.1 Å². The van der Waals surface area contributed by atoms with Crippen LogP contribution in [0.1, 0.15) is 112 Å².